The average Bonchev–Trinajstić information content (AvgIpc) is 2.54. The lowest BCUT2D eigenvalue weighted by Gasteiger charge is -2.10. The quantitative estimate of drug-likeness (QED) is 0.649. The summed E-state index contributed by atoms with van der Waals surface area (Å²) in [6.45, 7) is 1.89. The Kier molecular flexibility index (Phi) is 1.69. The first-order valence-electron chi connectivity index (χ1n) is 4.26. The molecule has 1 heterocycles. The van der Waals surface area contributed by atoms with Gasteiger partial charge in [0.2, 0.25) is 0 Å². The third-order valence-corrected chi connectivity index (χ3v) is 2.30. The largest absolute Gasteiger partial charge is 0.361 e. The van der Waals surface area contributed by atoms with E-state index in [2.05, 4.69) is 4.98 Å². The van der Waals surface area contributed by atoms with E-state index in [0.29, 0.717) is 0 Å². The fourth-order valence-corrected chi connectivity index (χ4v) is 1.35. The van der Waals surface area contributed by atoms with Gasteiger partial charge in [-0.2, -0.15) is 0 Å². The monoisotopic (exact) mass is 173 g/mol. The van der Waals surface area contributed by atoms with E-state index in [0.717, 1.165) is 17.5 Å². The first kappa shape index (κ1) is 8.05. The third kappa shape index (κ3) is 1.35. The molecule has 1 aromatic heterocycles. The number of allylic oxidation sites excluding steroid dienone is 2. The molecule has 0 fully saturated rings. The van der Waals surface area contributed by atoms with Gasteiger partial charge in [-0.05, 0) is 24.6 Å². The predicted octanol–water partition coefficient (Wildman–Crippen LogP) is 2.26. The first-order chi connectivity index (χ1) is 6.23. The third-order valence-electron chi connectivity index (χ3n) is 2.30. The second-order valence-corrected chi connectivity index (χ2v) is 3.50. The zero-order valence-corrected chi connectivity index (χ0v) is 7.45. The van der Waals surface area contributed by atoms with Crippen molar-refractivity contribution in [2.24, 2.45) is 5.41 Å². The van der Waals surface area contributed by atoms with Crippen LogP contribution in [0.3, 0.4) is 0 Å². The molecule has 0 bridgehead atoms. The first-order valence-corrected chi connectivity index (χ1v) is 4.26. The summed E-state index contributed by atoms with van der Waals surface area (Å²) in [5.74, 6) is 0. The molecule has 1 atom stereocenters. The maximum absolute atomic E-state index is 10.8. The fraction of sp³-hybridized carbons (Fsp3) is 0.182. The molecule has 13 heavy (non-hydrogen) atoms. The summed E-state index contributed by atoms with van der Waals surface area (Å²) in [6.07, 6.45) is 10.6. The van der Waals surface area contributed by atoms with Crippen molar-refractivity contribution in [2.45, 2.75) is 6.92 Å². The van der Waals surface area contributed by atoms with E-state index in [4.69, 9.17) is 0 Å². The van der Waals surface area contributed by atoms with Crippen LogP contribution in [0, 0.1) is 5.41 Å². The molecule has 1 unspecified atom stereocenters. The molecule has 2 heteroatoms. The number of nitrogens with one attached hydrogen (secondary N) is 1. The van der Waals surface area contributed by atoms with E-state index in [1.54, 1.807) is 0 Å². The highest BCUT2D eigenvalue weighted by atomic mass is 16.1. The number of rotatable bonds is 1. The molecule has 66 valence electrons. The van der Waals surface area contributed by atoms with Crippen LogP contribution >= 0.6 is 0 Å². The number of carbonyl (C=O) groups excluding carboxylic acids is 1. The van der Waals surface area contributed by atoms with E-state index in [1.165, 1.54) is 0 Å². The highest BCUT2D eigenvalue weighted by Gasteiger charge is 2.17. The topological polar surface area (TPSA) is 32.9 Å². The van der Waals surface area contributed by atoms with Crippen LogP contribution in [0.5, 0.6) is 0 Å². The number of carbonyl (C=O) groups is 1. The summed E-state index contributed by atoms with van der Waals surface area (Å²) in [6, 6.07) is 1.99. The Morgan fingerprint density at radius 1 is 1.38 bits per heavy atom. The Bertz CT molecular complexity index is 356. The Morgan fingerprint density at radius 2 is 2.15 bits per heavy atom. The van der Waals surface area contributed by atoms with Gasteiger partial charge in [-0.1, -0.05) is 18.2 Å². The lowest BCUT2D eigenvalue weighted by Crippen LogP contribution is -2.09. The van der Waals surface area contributed by atoms with Gasteiger partial charge < -0.3 is 9.78 Å². The molecule has 0 radical (unpaired) electrons. The van der Waals surface area contributed by atoms with Crippen molar-refractivity contribution < 1.29 is 4.79 Å². The van der Waals surface area contributed by atoms with E-state index < -0.39 is 5.41 Å². The molecule has 1 aromatic rings. The number of hydrogen-bond donors (Lipinski definition) is 1. The number of aldehydes is 1. The van der Waals surface area contributed by atoms with Gasteiger partial charge in [0.1, 0.15) is 6.29 Å². The zero-order chi connectivity index (χ0) is 9.31. The molecule has 2 nitrogen and oxygen atoms in total. The summed E-state index contributed by atoms with van der Waals surface area (Å²) >= 11 is 0. The summed E-state index contributed by atoms with van der Waals surface area (Å²) in [5.41, 5.74) is 1.73. The highest BCUT2D eigenvalue weighted by molar-refractivity contribution is 5.76. The van der Waals surface area contributed by atoms with Gasteiger partial charge >= 0.3 is 0 Å². The van der Waals surface area contributed by atoms with Crippen LogP contribution in [0.25, 0.3) is 12.2 Å². The van der Waals surface area contributed by atoms with Gasteiger partial charge in [0.25, 0.3) is 0 Å². The van der Waals surface area contributed by atoms with Crippen molar-refractivity contribution >= 4 is 18.4 Å². The van der Waals surface area contributed by atoms with Gasteiger partial charge in [0, 0.05) is 11.9 Å². The Morgan fingerprint density at radius 3 is 2.92 bits per heavy atom. The minimum absolute atomic E-state index is 0.458. The normalized spacial score (nSPS) is 25.3. The molecule has 0 aliphatic heterocycles. The molecule has 0 amide bonds. The number of aromatic nitrogens is 1. The van der Waals surface area contributed by atoms with Gasteiger partial charge in [-0.15, -0.1) is 0 Å². The summed E-state index contributed by atoms with van der Waals surface area (Å²) in [5, 5.41) is 0. The van der Waals surface area contributed by atoms with Crippen LogP contribution < -0.4 is 0 Å². The van der Waals surface area contributed by atoms with Crippen LogP contribution in [0.1, 0.15) is 18.2 Å². The fourth-order valence-electron chi connectivity index (χ4n) is 1.35. The second-order valence-electron chi connectivity index (χ2n) is 3.50. The number of H-pyrrole nitrogens is 1. The Balaban J connectivity index is 2.48. The van der Waals surface area contributed by atoms with Gasteiger partial charge in [-0.25, -0.2) is 0 Å². The van der Waals surface area contributed by atoms with Crippen molar-refractivity contribution in [3.8, 4) is 0 Å². The number of fused-ring (bicyclic) bond motifs is 1. The van der Waals surface area contributed by atoms with Crippen LogP contribution in [0.2, 0.25) is 0 Å². The van der Waals surface area contributed by atoms with E-state index in [-0.39, 0.29) is 0 Å². The van der Waals surface area contributed by atoms with Crippen LogP contribution in [-0.4, -0.2) is 11.3 Å². The van der Waals surface area contributed by atoms with E-state index in [9.17, 15) is 4.79 Å². The van der Waals surface area contributed by atoms with Gasteiger partial charge in [0.05, 0.1) is 5.41 Å². The van der Waals surface area contributed by atoms with Gasteiger partial charge in [-0.3, -0.25) is 0 Å². The minimum Gasteiger partial charge on any atom is -0.361 e. The molecule has 0 spiro atoms. The average molecular weight is 173 g/mol. The maximum Gasteiger partial charge on any atom is 0.133 e. The standard InChI is InChI=1S/C11H11NO/c1-11(8-13)5-2-9-4-7-12-10(9)3-6-11/h2-8,12H,1H3. The summed E-state index contributed by atoms with van der Waals surface area (Å²) in [4.78, 5) is 13.9. The lowest BCUT2D eigenvalue weighted by molar-refractivity contribution is -0.111. The van der Waals surface area contributed by atoms with Crippen LogP contribution in [0.15, 0.2) is 24.4 Å². The molecule has 2 rings (SSSR count). The minimum atomic E-state index is -0.458. The predicted molar refractivity (Wildman–Crippen MR) is 53.0 cm³/mol. The second kappa shape index (κ2) is 2.73. The molecule has 0 aromatic carbocycles. The maximum atomic E-state index is 10.8. The van der Waals surface area contributed by atoms with E-state index in [1.807, 2.05) is 43.5 Å². The van der Waals surface area contributed by atoms with Crippen molar-refractivity contribution in [3.05, 3.63) is 35.7 Å². The van der Waals surface area contributed by atoms with E-state index >= 15 is 0 Å². The Hall–Kier alpha value is -1.57. The molecule has 1 aliphatic carbocycles. The summed E-state index contributed by atoms with van der Waals surface area (Å²) < 4.78 is 0. The summed E-state index contributed by atoms with van der Waals surface area (Å²) in [7, 11) is 0. The zero-order valence-electron chi connectivity index (χ0n) is 7.45. The molecule has 1 N–H and O–H groups in total. The SMILES string of the molecule is CC1(C=O)C=Cc2cc[nH]c2C=C1. The van der Waals surface area contributed by atoms with Crippen molar-refractivity contribution in [2.75, 3.05) is 0 Å². The Labute approximate surface area is 77.0 Å². The van der Waals surface area contributed by atoms with Gasteiger partial charge in [0.15, 0.2) is 0 Å². The van der Waals surface area contributed by atoms with Crippen LogP contribution in [0.4, 0.5) is 0 Å². The van der Waals surface area contributed by atoms with Crippen molar-refractivity contribution in [1.29, 1.82) is 0 Å². The van der Waals surface area contributed by atoms with Crippen molar-refractivity contribution in [1.82, 2.24) is 4.98 Å². The molecular formula is C11H11NO. The van der Waals surface area contributed by atoms with Crippen LogP contribution in [-0.2, 0) is 4.79 Å². The highest BCUT2D eigenvalue weighted by Crippen LogP contribution is 2.25. The smallest absolute Gasteiger partial charge is 0.133 e. The molecule has 0 saturated heterocycles. The molecular weight excluding hydrogens is 162 g/mol. The molecule has 1 aliphatic rings. The molecule has 0 saturated carbocycles. The lowest BCUT2D eigenvalue weighted by atomic mass is 9.92. The number of hydrogen-bond acceptors (Lipinski definition) is 1. The van der Waals surface area contributed by atoms with Crippen molar-refractivity contribution in [3.63, 3.8) is 0 Å². The number of aromatic amines is 1.